The lowest BCUT2D eigenvalue weighted by molar-refractivity contribution is -0.140. The van der Waals surface area contributed by atoms with Crippen molar-refractivity contribution in [3.63, 3.8) is 0 Å². The van der Waals surface area contributed by atoms with Gasteiger partial charge >= 0.3 is 11.9 Å². The van der Waals surface area contributed by atoms with E-state index >= 15 is 0 Å². The summed E-state index contributed by atoms with van der Waals surface area (Å²) in [5.41, 5.74) is 6.08. The lowest BCUT2D eigenvalue weighted by Gasteiger charge is -2.26. The lowest BCUT2D eigenvalue weighted by atomic mass is 10.0. The molecule has 3 saturated heterocycles. The van der Waals surface area contributed by atoms with Gasteiger partial charge in [0.25, 0.3) is 11.8 Å². The third-order valence-corrected chi connectivity index (χ3v) is 24.6. The lowest BCUT2D eigenvalue weighted by Crippen LogP contribution is -2.33. The zero-order chi connectivity index (χ0) is 58.3. The average Bonchev–Trinajstić information content (AvgIpc) is 4.55. The molecule has 3 aliphatic rings. The highest BCUT2D eigenvalue weighted by molar-refractivity contribution is 8.27. The number of carbonyl (C=O) groups is 6. The Bertz CT molecular complexity index is 4100. The van der Waals surface area contributed by atoms with E-state index in [1.54, 1.807) is 80.2 Å². The van der Waals surface area contributed by atoms with Crippen LogP contribution in [0.2, 0.25) is 0 Å². The molecule has 3 aliphatic heterocycles. The van der Waals surface area contributed by atoms with Crippen molar-refractivity contribution in [2.45, 2.75) is 6.42 Å². The normalized spacial score (nSPS) is 16.9. The van der Waals surface area contributed by atoms with Crippen LogP contribution in [0.3, 0.4) is 0 Å². The number of nitrogens with zero attached hydrogens (tertiary/aromatic N) is 3. The highest BCUT2D eigenvalue weighted by atomic mass is 32.2. The van der Waals surface area contributed by atoms with E-state index in [2.05, 4.69) is 120 Å². The first-order valence-corrected chi connectivity index (χ1v) is 33.8. The highest BCUT2D eigenvalue weighted by Gasteiger charge is 2.36. The molecule has 0 aliphatic carbocycles. The smallest absolute Gasteiger partial charge is 0.323 e. The van der Waals surface area contributed by atoms with E-state index in [4.69, 9.17) is 36.7 Å². The van der Waals surface area contributed by atoms with E-state index in [0.717, 1.165) is 132 Å². The maximum atomic E-state index is 13.0. The number of carbonyl (C=O) groups excluding carboxylic acids is 4. The monoisotopic (exact) mass is 1320 g/mol. The summed E-state index contributed by atoms with van der Waals surface area (Å²) < 4.78 is 1.01. The van der Waals surface area contributed by atoms with Crippen molar-refractivity contribution in [2.24, 2.45) is 5.92 Å². The predicted molar refractivity (Wildman–Crippen MR) is 363 cm³/mol. The second-order valence-electron chi connectivity index (χ2n) is 18.6. The topological polar surface area (TPSA) is 153 Å². The minimum absolute atomic E-state index is 0.0899. The number of rotatable bonds is 18. The summed E-state index contributed by atoms with van der Waals surface area (Å²) in [6.07, 6.45) is 6.27. The molecule has 0 radical (unpaired) electrons. The summed E-state index contributed by atoms with van der Waals surface area (Å²) in [7, 11) is 0. The predicted octanol–water partition coefficient (Wildman–Crippen LogP) is 17.3. The number of hydrogen-bond acceptors (Lipinski definition) is 19. The molecule has 6 aromatic heterocycles. The number of amides is 2. The Balaban J connectivity index is 0.792. The van der Waals surface area contributed by atoms with Crippen LogP contribution in [0.15, 0.2) is 160 Å². The van der Waals surface area contributed by atoms with Crippen LogP contribution in [0.25, 0.3) is 78.8 Å². The molecule has 1 unspecified atom stereocenters. The molecule has 2 N–H and O–H groups in total. The third kappa shape index (κ3) is 12.3. The van der Waals surface area contributed by atoms with Crippen LogP contribution >= 0.6 is 140 Å². The van der Waals surface area contributed by atoms with Crippen LogP contribution < -0.4 is 4.90 Å². The molecule has 0 saturated carbocycles. The van der Waals surface area contributed by atoms with Crippen molar-refractivity contribution >= 4 is 224 Å². The molecule has 12 rings (SSSR count). The van der Waals surface area contributed by atoms with Gasteiger partial charge in [-0.15, -0.1) is 68.0 Å². The van der Waals surface area contributed by atoms with Crippen molar-refractivity contribution in [1.82, 2.24) is 9.80 Å². The molecule has 9 heterocycles. The van der Waals surface area contributed by atoms with Crippen molar-refractivity contribution in [3.8, 4) is 60.6 Å². The van der Waals surface area contributed by atoms with Crippen LogP contribution in [-0.4, -0.2) is 81.8 Å². The fraction of sp³-hybridized carbons (Fsp3) is 0.0656. The van der Waals surface area contributed by atoms with Crippen molar-refractivity contribution in [3.05, 3.63) is 175 Å². The number of carboxylic acids is 2. The van der Waals surface area contributed by atoms with Gasteiger partial charge in [0.2, 0.25) is 0 Å². The number of hydrogen-bond donors (Lipinski definition) is 2. The number of thioether (sulfide) groups is 3. The first kappa shape index (κ1) is 57.8. The Morgan fingerprint density at radius 3 is 1.11 bits per heavy atom. The van der Waals surface area contributed by atoms with E-state index < -0.39 is 42.8 Å². The zero-order valence-electron chi connectivity index (χ0n) is 42.9. The molecule has 3 aromatic carbocycles. The van der Waals surface area contributed by atoms with Gasteiger partial charge in [-0.1, -0.05) is 108 Å². The molecule has 2 amide bonds. The summed E-state index contributed by atoms with van der Waals surface area (Å²) >= 11 is 29.2. The van der Waals surface area contributed by atoms with Crippen LogP contribution in [-0.2, 0) is 28.8 Å². The Morgan fingerprint density at radius 2 is 0.762 bits per heavy atom. The largest absolute Gasteiger partial charge is 0.480 e. The second kappa shape index (κ2) is 24.8. The van der Waals surface area contributed by atoms with Crippen molar-refractivity contribution in [2.75, 3.05) is 18.0 Å². The third-order valence-electron chi connectivity index (χ3n) is 13.2. The molecular weight excluding hydrogens is 1290 g/mol. The molecule has 11 nitrogen and oxygen atoms in total. The minimum Gasteiger partial charge on any atom is -0.480 e. The molecule has 3 fully saturated rings. The van der Waals surface area contributed by atoms with Gasteiger partial charge in [-0.2, -0.15) is 0 Å². The molecule has 0 spiro atoms. The number of ketones is 1. The number of Topliss-reactive ketones (excluding diaryl/α,β-unsaturated/α-hetero) is 1. The second-order valence-corrected chi connectivity index (χ2v) is 30.4. The molecule has 23 heteroatoms. The first-order valence-electron chi connectivity index (χ1n) is 25.2. The summed E-state index contributed by atoms with van der Waals surface area (Å²) in [6, 6.07) is 50.4. The maximum Gasteiger partial charge on any atom is 0.323 e. The number of carboxylic acid groups (broad SMARTS) is 2. The Kier molecular flexibility index (Phi) is 17.1. The van der Waals surface area contributed by atoms with E-state index in [0.29, 0.717) is 18.9 Å². The number of allylic oxidation sites excluding steroid dienone is 1. The van der Waals surface area contributed by atoms with Gasteiger partial charge in [0.05, 0.1) is 24.8 Å². The number of anilines is 3. The van der Waals surface area contributed by atoms with Gasteiger partial charge in [-0.25, -0.2) is 0 Å². The number of aliphatic carboxylic acids is 2. The highest BCUT2D eigenvalue weighted by Crippen LogP contribution is 2.46. The fourth-order valence-electron chi connectivity index (χ4n) is 9.18. The molecule has 84 heavy (non-hydrogen) atoms. The number of thiocarbonyl (C=S) groups is 3. The van der Waals surface area contributed by atoms with Gasteiger partial charge in [0.1, 0.15) is 28.0 Å². The molecule has 1 atom stereocenters. The summed E-state index contributed by atoms with van der Waals surface area (Å²) in [4.78, 5) is 90.8. The molecular formula is C61H37N3O8S12. The molecule has 9 aromatic rings. The minimum atomic E-state index is -1.12. The standard InChI is InChI=1S/C61H37N3O8S12/c65-26-25-41-56(70)51(82-59(41)73)27-38-13-16-45(76-38)48-22-19-42(79-48)32-1-7-35(8-2-32)64(36-9-3-33(4-10-36)43-20-23-49(80-43)46-17-14-39(77-46)28-52-57(71)62(30-54(66)67)60(74)83-52)37-11-5-34(6-12-37)44-21-24-50(81-44)47-18-15-40(78-47)29-53-58(72)63(31-55(68)69)61(75)84-53/h1-24,26-29,41H,25,30-31H2,(H,66,67)(H,68,69)/b51-27+,52-28-,53-29+. The summed E-state index contributed by atoms with van der Waals surface area (Å²) in [5.74, 6) is -3.68. The molecule has 416 valence electrons. The average molecular weight is 1320 g/mol. The maximum absolute atomic E-state index is 13.0. The van der Waals surface area contributed by atoms with Crippen molar-refractivity contribution in [1.29, 1.82) is 0 Å². The van der Waals surface area contributed by atoms with E-state index in [1.807, 2.05) is 36.4 Å². The van der Waals surface area contributed by atoms with Crippen LogP contribution in [0.1, 0.15) is 21.1 Å². The Morgan fingerprint density at radius 1 is 0.440 bits per heavy atom. The number of aldehydes is 1. The van der Waals surface area contributed by atoms with Crippen LogP contribution in [0.5, 0.6) is 0 Å². The van der Waals surface area contributed by atoms with Gasteiger partial charge in [0.15, 0.2) is 5.78 Å². The first-order chi connectivity index (χ1) is 40.6. The van der Waals surface area contributed by atoms with Crippen molar-refractivity contribution < 1.29 is 39.0 Å². The molecule has 0 bridgehead atoms. The van der Waals surface area contributed by atoms with Crippen LogP contribution in [0.4, 0.5) is 17.1 Å². The van der Waals surface area contributed by atoms with Gasteiger partial charge < -0.3 is 19.9 Å². The van der Waals surface area contributed by atoms with E-state index in [-0.39, 0.29) is 20.8 Å². The van der Waals surface area contributed by atoms with E-state index in [1.165, 1.54) is 11.8 Å². The summed E-state index contributed by atoms with van der Waals surface area (Å²) in [6.45, 7) is -0.938. The Labute approximate surface area is 533 Å². The number of benzene rings is 3. The van der Waals surface area contributed by atoms with Gasteiger partial charge in [0, 0.05) is 82.0 Å². The zero-order valence-corrected chi connectivity index (χ0v) is 52.7. The number of thiophene rings is 6. The summed E-state index contributed by atoms with van der Waals surface area (Å²) in [5, 5.41) is 18.5. The van der Waals surface area contributed by atoms with E-state index in [9.17, 15) is 39.0 Å². The Hall–Kier alpha value is -6.58. The van der Waals surface area contributed by atoms with Gasteiger partial charge in [-0.05, 0) is 144 Å². The van der Waals surface area contributed by atoms with Gasteiger partial charge in [-0.3, -0.25) is 33.8 Å². The van der Waals surface area contributed by atoms with Crippen LogP contribution in [0, 0.1) is 5.92 Å². The quantitative estimate of drug-likeness (QED) is 0.0476. The SMILES string of the molecule is O=CCC1C(=O)/C(=C\c2ccc(-c3ccc(-c4ccc(N(c5ccc(-c6ccc(-c7ccc(/C=C8\SC(=S)N(CC(=O)O)C8=O)s7)s6)cc5)c5ccc(-c6ccc(-c7ccc(/C=C8/SC(=S)N(CC(=O)O)C8=O)s7)s6)cc5)cc4)s3)s2)SC1=S. The fourth-order valence-corrected chi connectivity index (χ4v) is 19.5.